The van der Waals surface area contributed by atoms with Crippen LogP contribution in [0.15, 0.2) is 58.2 Å². The van der Waals surface area contributed by atoms with E-state index in [-0.39, 0.29) is 35.5 Å². The highest BCUT2D eigenvalue weighted by atomic mass is 32.2. The number of aromatic nitrogens is 2. The number of hydrogen-bond acceptors (Lipinski definition) is 6. The van der Waals surface area contributed by atoms with Crippen LogP contribution >= 0.6 is 11.8 Å². The Labute approximate surface area is 187 Å². The minimum atomic E-state index is -0.487. The van der Waals surface area contributed by atoms with Gasteiger partial charge in [-0.3, -0.25) is 24.1 Å². The van der Waals surface area contributed by atoms with E-state index in [0.29, 0.717) is 15.7 Å². The van der Waals surface area contributed by atoms with Gasteiger partial charge in [0.1, 0.15) is 0 Å². The van der Waals surface area contributed by atoms with Crippen molar-refractivity contribution in [2.45, 2.75) is 6.92 Å². The zero-order valence-corrected chi connectivity index (χ0v) is 18.3. The molecule has 0 saturated carbocycles. The Morgan fingerprint density at radius 1 is 1.06 bits per heavy atom. The number of aryl methyl sites for hydroxylation is 2. The van der Waals surface area contributed by atoms with Crippen molar-refractivity contribution < 1.29 is 14.4 Å². The van der Waals surface area contributed by atoms with Crippen LogP contribution < -0.4 is 10.9 Å². The van der Waals surface area contributed by atoms with Gasteiger partial charge in [-0.25, -0.2) is 4.68 Å². The zero-order valence-electron chi connectivity index (χ0n) is 17.5. The molecule has 2 aromatic carbocycles. The summed E-state index contributed by atoms with van der Waals surface area (Å²) in [6.07, 6.45) is 1.68. The Balaban J connectivity index is 1.44. The maximum absolute atomic E-state index is 12.7. The summed E-state index contributed by atoms with van der Waals surface area (Å²) in [7, 11) is 1.48. The summed E-state index contributed by atoms with van der Waals surface area (Å²) in [6, 6.07) is 14.4. The fourth-order valence-corrected chi connectivity index (χ4v) is 4.20. The number of carbonyl (C=O) groups is 3. The van der Waals surface area contributed by atoms with Gasteiger partial charge in [0.05, 0.1) is 10.3 Å². The van der Waals surface area contributed by atoms with Crippen molar-refractivity contribution in [1.29, 1.82) is 0 Å². The van der Waals surface area contributed by atoms with Gasteiger partial charge in [-0.15, -0.1) is 0 Å². The van der Waals surface area contributed by atoms with E-state index in [9.17, 15) is 19.2 Å². The Morgan fingerprint density at radius 3 is 2.47 bits per heavy atom. The lowest BCUT2D eigenvalue weighted by atomic mass is 10.1. The van der Waals surface area contributed by atoms with Gasteiger partial charge in [0, 0.05) is 25.5 Å². The van der Waals surface area contributed by atoms with Gasteiger partial charge in [-0.1, -0.05) is 48.0 Å². The van der Waals surface area contributed by atoms with Crippen LogP contribution in [0.2, 0.25) is 0 Å². The summed E-state index contributed by atoms with van der Waals surface area (Å²) >= 11 is 0.877. The number of fused-ring (bicyclic) bond motifs is 1. The summed E-state index contributed by atoms with van der Waals surface area (Å²) in [5.41, 5.74) is 1.75. The molecule has 0 aliphatic carbocycles. The van der Waals surface area contributed by atoms with Gasteiger partial charge >= 0.3 is 0 Å². The molecule has 1 saturated heterocycles. The van der Waals surface area contributed by atoms with Crippen molar-refractivity contribution in [3.05, 3.63) is 80.6 Å². The molecule has 9 heteroatoms. The average molecular weight is 449 g/mol. The third kappa shape index (κ3) is 4.19. The standard InChI is InChI=1S/C23H20N4O4S/c1-14-7-9-15(10-8-14)13-18-22(30)27(23(31)32-18)12-11-24-20(28)19-16-5-3-4-6-17(16)21(29)26(2)25-19/h3-10,13H,11-12H2,1-2H3,(H,24,28). The molecule has 1 N–H and O–H groups in total. The van der Waals surface area contributed by atoms with Crippen LogP contribution in [0.3, 0.4) is 0 Å². The van der Waals surface area contributed by atoms with E-state index in [1.807, 2.05) is 31.2 Å². The van der Waals surface area contributed by atoms with E-state index >= 15 is 0 Å². The monoisotopic (exact) mass is 448 g/mol. The zero-order chi connectivity index (χ0) is 22.8. The molecular weight excluding hydrogens is 428 g/mol. The number of rotatable bonds is 5. The molecule has 0 bridgehead atoms. The second kappa shape index (κ2) is 8.80. The molecule has 0 atom stereocenters. The molecule has 3 aromatic rings. The molecule has 2 heterocycles. The third-order valence-electron chi connectivity index (χ3n) is 5.04. The minimum Gasteiger partial charge on any atom is -0.349 e. The first kappa shape index (κ1) is 21.5. The van der Waals surface area contributed by atoms with E-state index in [2.05, 4.69) is 10.4 Å². The highest BCUT2D eigenvalue weighted by molar-refractivity contribution is 8.18. The van der Waals surface area contributed by atoms with Crippen molar-refractivity contribution in [2.24, 2.45) is 7.05 Å². The molecular formula is C23H20N4O4S. The fraction of sp³-hybridized carbons (Fsp3) is 0.174. The Bertz CT molecular complexity index is 1330. The summed E-state index contributed by atoms with van der Waals surface area (Å²) < 4.78 is 1.11. The highest BCUT2D eigenvalue weighted by Crippen LogP contribution is 2.31. The minimum absolute atomic E-state index is 0.0331. The lowest BCUT2D eigenvalue weighted by Gasteiger charge is -2.13. The largest absolute Gasteiger partial charge is 0.349 e. The van der Waals surface area contributed by atoms with Crippen LogP contribution in [0.25, 0.3) is 16.8 Å². The number of benzene rings is 2. The fourth-order valence-electron chi connectivity index (χ4n) is 3.34. The van der Waals surface area contributed by atoms with E-state index in [4.69, 9.17) is 0 Å². The molecule has 1 aromatic heterocycles. The third-order valence-corrected chi connectivity index (χ3v) is 5.95. The first-order valence-electron chi connectivity index (χ1n) is 9.91. The van der Waals surface area contributed by atoms with Gasteiger partial charge < -0.3 is 5.32 Å². The second-order valence-electron chi connectivity index (χ2n) is 7.32. The van der Waals surface area contributed by atoms with Crippen molar-refractivity contribution >= 4 is 45.7 Å². The predicted octanol–water partition coefficient (Wildman–Crippen LogP) is 2.71. The molecule has 8 nitrogen and oxygen atoms in total. The smallest absolute Gasteiger partial charge is 0.293 e. The van der Waals surface area contributed by atoms with Crippen LogP contribution in [-0.2, 0) is 11.8 Å². The number of imide groups is 1. The maximum Gasteiger partial charge on any atom is 0.293 e. The Kier molecular flexibility index (Phi) is 5.91. The highest BCUT2D eigenvalue weighted by Gasteiger charge is 2.34. The van der Waals surface area contributed by atoms with Gasteiger partial charge in [-0.2, -0.15) is 5.10 Å². The normalized spacial score (nSPS) is 15.1. The number of hydrogen-bond donors (Lipinski definition) is 1. The topological polar surface area (TPSA) is 101 Å². The van der Waals surface area contributed by atoms with Gasteiger partial charge in [0.15, 0.2) is 5.69 Å². The summed E-state index contributed by atoms with van der Waals surface area (Å²) in [5, 5.41) is 7.22. The maximum atomic E-state index is 12.7. The first-order chi connectivity index (χ1) is 15.3. The van der Waals surface area contributed by atoms with Crippen LogP contribution in [0.1, 0.15) is 21.6 Å². The molecule has 32 heavy (non-hydrogen) atoms. The van der Waals surface area contributed by atoms with E-state index < -0.39 is 5.91 Å². The molecule has 1 fully saturated rings. The van der Waals surface area contributed by atoms with Crippen LogP contribution in [-0.4, -0.2) is 44.8 Å². The quantitative estimate of drug-likeness (QED) is 0.603. The van der Waals surface area contributed by atoms with Gasteiger partial charge in [0.25, 0.3) is 22.6 Å². The molecule has 0 radical (unpaired) electrons. The van der Waals surface area contributed by atoms with Crippen molar-refractivity contribution in [3.63, 3.8) is 0 Å². The number of thioether (sulfide) groups is 1. The lowest BCUT2D eigenvalue weighted by molar-refractivity contribution is -0.122. The molecule has 1 aliphatic rings. The van der Waals surface area contributed by atoms with Crippen molar-refractivity contribution in [3.8, 4) is 0 Å². The van der Waals surface area contributed by atoms with Crippen LogP contribution in [0.5, 0.6) is 0 Å². The molecule has 3 amide bonds. The Morgan fingerprint density at radius 2 is 1.75 bits per heavy atom. The van der Waals surface area contributed by atoms with Gasteiger partial charge in [0.2, 0.25) is 0 Å². The molecule has 4 rings (SSSR count). The number of nitrogens with one attached hydrogen (secondary N) is 1. The second-order valence-corrected chi connectivity index (χ2v) is 8.32. The average Bonchev–Trinajstić information content (AvgIpc) is 3.05. The molecule has 162 valence electrons. The number of nitrogens with zero attached hydrogens (tertiary/aromatic N) is 3. The van der Waals surface area contributed by atoms with Crippen LogP contribution in [0, 0.1) is 6.92 Å². The number of amides is 3. The van der Waals surface area contributed by atoms with Crippen molar-refractivity contribution in [2.75, 3.05) is 13.1 Å². The van der Waals surface area contributed by atoms with Gasteiger partial charge in [-0.05, 0) is 36.4 Å². The van der Waals surface area contributed by atoms with E-state index in [0.717, 1.165) is 32.5 Å². The molecule has 0 unspecified atom stereocenters. The SMILES string of the molecule is Cc1ccc(C=C2SC(=O)N(CCNC(=O)c3nn(C)c(=O)c4ccccc34)C2=O)cc1. The van der Waals surface area contributed by atoms with E-state index in [1.54, 1.807) is 30.3 Å². The van der Waals surface area contributed by atoms with E-state index in [1.165, 1.54) is 7.05 Å². The summed E-state index contributed by atoms with van der Waals surface area (Å²) in [6.45, 7) is 2.07. The molecule has 0 spiro atoms. The lowest BCUT2D eigenvalue weighted by Crippen LogP contribution is -2.38. The van der Waals surface area contributed by atoms with Crippen LogP contribution in [0.4, 0.5) is 4.79 Å². The van der Waals surface area contributed by atoms with Crippen molar-refractivity contribution in [1.82, 2.24) is 20.0 Å². The Hall–Kier alpha value is -3.72. The summed E-state index contributed by atoms with van der Waals surface area (Å²) in [4.78, 5) is 51.3. The summed E-state index contributed by atoms with van der Waals surface area (Å²) in [5.74, 6) is -0.875. The first-order valence-corrected chi connectivity index (χ1v) is 10.7. The predicted molar refractivity (Wildman–Crippen MR) is 123 cm³/mol. The molecule has 1 aliphatic heterocycles. The number of carbonyl (C=O) groups excluding carboxylic acids is 3.